The summed E-state index contributed by atoms with van der Waals surface area (Å²) >= 11 is 0. The van der Waals surface area contributed by atoms with E-state index in [4.69, 9.17) is 4.74 Å². The lowest BCUT2D eigenvalue weighted by Crippen LogP contribution is -2.35. The molecule has 0 heterocycles. The summed E-state index contributed by atoms with van der Waals surface area (Å²) in [6, 6.07) is 1.21. The molecule has 0 aliphatic carbocycles. The van der Waals surface area contributed by atoms with E-state index in [9.17, 15) is 0 Å². The van der Waals surface area contributed by atoms with Crippen molar-refractivity contribution in [2.75, 3.05) is 20.4 Å². The van der Waals surface area contributed by atoms with Crippen LogP contribution < -0.4 is 5.43 Å². The van der Waals surface area contributed by atoms with Crippen molar-refractivity contribution in [3.63, 3.8) is 0 Å². The summed E-state index contributed by atoms with van der Waals surface area (Å²) in [5, 5.41) is 1.89. The fourth-order valence-electron chi connectivity index (χ4n) is 0.900. The summed E-state index contributed by atoms with van der Waals surface area (Å²) < 4.78 is 5.56. The number of ether oxygens (including phenoxy) is 1. The average molecular weight is 216 g/mol. The highest BCUT2D eigenvalue weighted by atomic mass is 28.3. The molecule has 0 saturated carbocycles. The summed E-state index contributed by atoms with van der Waals surface area (Å²) in [6.45, 7) is 14.3. The zero-order valence-corrected chi connectivity index (χ0v) is 11.2. The van der Waals surface area contributed by atoms with Crippen LogP contribution in [0.2, 0.25) is 25.7 Å². The Labute approximate surface area is 89.1 Å². The second-order valence-electron chi connectivity index (χ2n) is 4.73. The van der Waals surface area contributed by atoms with Gasteiger partial charge in [0.2, 0.25) is 0 Å². The Bertz CT molecular complexity index is 177. The molecule has 0 bridgehead atoms. The molecular weight excluding hydrogens is 192 g/mol. The Morgan fingerprint density at radius 1 is 1.43 bits per heavy atom. The van der Waals surface area contributed by atoms with E-state index in [-0.39, 0.29) is 0 Å². The van der Waals surface area contributed by atoms with Crippen molar-refractivity contribution in [1.82, 2.24) is 10.4 Å². The van der Waals surface area contributed by atoms with E-state index in [1.165, 1.54) is 6.04 Å². The van der Waals surface area contributed by atoms with Gasteiger partial charge in [-0.25, -0.2) is 5.43 Å². The number of hydrazine groups is 1. The SMILES string of the molecule is C=C(C)N(COCC[Si](C)(C)C)NC. The number of nitrogens with zero attached hydrogens (tertiary/aromatic N) is 1. The molecule has 0 unspecified atom stereocenters. The quantitative estimate of drug-likeness (QED) is 0.306. The van der Waals surface area contributed by atoms with Crippen molar-refractivity contribution in [2.24, 2.45) is 0 Å². The first-order chi connectivity index (χ1) is 6.37. The molecule has 4 heteroatoms. The van der Waals surface area contributed by atoms with Gasteiger partial charge >= 0.3 is 0 Å². The molecule has 84 valence electrons. The fourth-order valence-corrected chi connectivity index (χ4v) is 1.66. The molecule has 0 fully saturated rings. The van der Waals surface area contributed by atoms with Gasteiger partial charge in [0.15, 0.2) is 0 Å². The summed E-state index contributed by atoms with van der Waals surface area (Å²) in [6.07, 6.45) is 0. The zero-order valence-electron chi connectivity index (χ0n) is 10.2. The summed E-state index contributed by atoms with van der Waals surface area (Å²) in [5.41, 5.74) is 3.99. The fraction of sp³-hybridized carbons (Fsp3) is 0.800. The first-order valence-electron chi connectivity index (χ1n) is 5.05. The molecule has 0 amide bonds. The van der Waals surface area contributed by atoms with Crippen molar-refractivity contribution in [1.29, 1.82) is 0 Å². The van der Waals surface area contributed by atoms with E-state index in [1.54, 1.807) is 0 Å². The van der Waals surface area contributed by atoms with E-state index < -0.39 is 8.07 Å². The Morgan fingerprint density at radius 2 is 2.00 bits per heavy atom. The molecule has 0 radical (unpaired) electrons. The smallest absolute Gasteiger partial charge is 0.132 e. The minimum atomic E-state index is -0.953. The number of rotatable bonds is 7. The molecule has 0 aliphatic rings. The van der Waals surface area contributed by atoms with Crippen molar-refractivity contribution < 1.29 is 4.74 Å². The van der Waals surface area contributed by atoms with Crippen molar-refractivity contribution >= 4 is 8.07 Å². The van der Waals surface area contributed by atoms with Gasteiger partial charge in [0.1, 0.15) is 6.73 Å². The molecule has 0 saturated heterocycles. The molecule has 1 N–H and O–H groups in total. The first-order valence-corrected chi connectivity index (χ1v) is 8.76. The van der Waals surface area contributed by atoms with E-state index in [0.29, 0.717) is 6.73 Å². The van der Waals surface area contributed by atoms with Gasteiger partial charge in [-0.05, 0) is 13.0 Å². The predicted octanol–water partition coefficient (Wildman–Crippen LogP) is 2.27. The minimum Gasteiger partial charge on any atom is -0.360 e. The molecule has 0 aliphatic heterocycles. The lowest BCUT2D eigenvalue weighted by molar-refractivity contribution is 0.0330. The first kappa shape index (κ1) is 13.7. The maximum absolute atomic E-state index is 5.56. The lowest BCUT2D eigenvalue weighted by Gasteiger charge is -2.24. The number of nitrogens with one attached hydrogen (secondary N) is 1. The van der Waals surface area contributed by atoms with Crippen molar-refractivity contribution in [3.05, 3.63) is 12.3 Å². The van der Waals surface area contributed by atoms with Crippen molar-refractivity contribution in [2.45, 2.75) is 32.6 Å². The van der Waals surface area contributed by atoms with Gasteiger partial charge in [-0.3, -0.25) is 5.01 Å². The molecule has 14 heavy (non-hydrogen) atoms. The predicted molar refractivity (Wildman–Crippen MR) is 64.7 cm³/mol. The Balaban J connectivity index is 3.58. The van der Waals surface area contributed by atoms with Gasteiger partial charge in [-0.15, -0.1) is 0 Å². The molecule has 0 aromatic carbocycles. The van der Waals surface area contributed by atoms with Crippen LogP contribution in [-0.2, 0) is 4.74 Å². The van der Waals surface area contributed by atoms with Gasteiger partial charge in [0.05, 0.1) is 0 Å². The Hall–Kier alpha value is -0.323. The van der Waals surface area contributed by atoms with Crippen LogP contribution in [0.1, 0.15) is 6.92 Å². The molecule has 0 rings (SSSR count). The maximum atomic E-state index is 5.56. The molecule has 3 nitrogen and oxygen atoms in total. The average Bonchev–Trinajstić information content (AvgIpc) is 2.01. The Kier molecular flexibility index (Phi) is 6.07. The topological polar surface area (TPSA) is 24.5 Å². The van der Waals surface area contributed by atoms with Crippen LogP contribution in [0.3, 0.4) is 0 Å². The highest BCUT2D eigenvalue weighted by molar-refractivity contribution is 6.76. The van der Waals surface area contributed by atoms with Gasteiger partial charge in [-0.1, -0.05) is 26.2 Å². The zero-order chi connectivity index (χ0) is 11.2. The van der Waals surface area contributed by atoms with Crippen LogP contribution in [0.15, 0.2) is 12.3 Å². The van der Waals surface area contributed by atoms with Crippen LogP contribution >= 0.6 is 0 Å². The summed E-state index contributed by atoms with van der Waals surface area (Å²) in [5.74, 6) is 0. The van der Waals surface area contributed by atoms with Crippen LogP contribution in [0.4, 0.5) is 0 Å². The largest absolute Gasteiger partial charge is 0.360 e. The highest BCUT2D eigenvalue weighted by Gasteiger charge is 2.12. The van der Waals surface area contributed by atoms with Gasteiger partial charge in [-0.2, -0.15) is 0 Å². The second kappa shape index (κ2) is 6.21. The number of allylic oxidation sites excluding steroid dienone is 1. The van der Waals surface area contributed by atoms with E-state index >= 15 is 0 Å². The van der Waals surface area contributed by atoms with Gasteiger partial charge in [0.25, 0.3) is 0 Å². The van der Waals surface area contributed by atoms with Crippen LogP contribution in [0, 0.1) is 0 Å². The van der Waals surface area contributed by atoms with E-state index in [2.05, 4.69) is 31.6 Å². The van der Waals surface area contributed by atoms with Crippen molar-refractivity contribution in [3.8, 4) is 0 Å². The number of hydrogen-bond acceptors (Lipinski definition) is 3. The lowest BCUT2D eigenvalue weighted by atomic mass is 10.5. The second-order valence-corrected chi connectivity index (χ2v) is 10.4. The van der Waals surface area contributed by atoms with E-state index in [1.807, 2.05) is 19.0 Å². The highest BCUT2D eigenvalue weighted by Crippen LogP contribution is 2.07. The Morgan fingerprint density at radius 3 is 2.36 bits per heavy atom. The van der Waals surface area contributed by atoms with Gasteiger partial charge in [0, 0.05) is 27.4 Å². The minimum absolute atomic E-state index is 0.580. The third-order valence-electron chi connectivity index (χ3n) is 1.95. The molecule has 0 aromatic rings. The van der Waals surface area contributed by atoms with Crippen LogP contribution in [0.5, 0.6) is 0 Å². The monoisotopic (exact) mass is 216 g/mol. The summed E-state index contributed by atoms with van der Waals surface area (Å²) in [7, 11) is 0.919. The van der Waals surface area contributed by atoms with Crippen LogP contribution in [0.25, 0.3) is 0 Å². The number of hydrogen-bond donors (Lipinski definition) is 1. The standard InChI is InChI=1S/C10H24N2OSi/c1-10(2)12(11-3)9-13-7-8-14(4,5)6/h11H,1,7-9H2,2-6H3. The summed E-state index contributed by atoms with van der Waals surface area (Å²) in [4.78, 5) is 0. The molecular formula is C10H24N2OSi. The molecule has 0 aromatic heterocycles. The molecule has 0 atom stereocenters. The molecule has 0 spiro atoms. The normalized spacial score (nSPS) is 11.5. The van der Waals surface area contributed by atoms with E-state index in [0.717, 1.165) is 12.3 Å². The third kappa shape index (κ3) is 7.12. The third-order valence-corrected chi connectivity index (χ3v) is 3.65. The van der Waals surface area contributed by atoms with Gasteiger partial charge < -0.3 is 4.74 Å². The van der Waals surface area contributed by atoms with Crippen LogP contribution in [-0.4, -0.2) is 33.5 Å². The maximum Gasteiger partial charge on any atom is 0.132 e.